The van der Waals surface area contributed by atoms with E-state index in [1.807, 2.05) is 23.9 Å². The fourth-order valence-electron chi connectivity index (χ4n) is 3.29. The molecule has 0 amide bonds. The molecule has 22 heavy (non-hydrogen) atoms. The van der Waals surface area contributed by atoms with E-state index in [0.29, 0.717) is 12.2 Å². The van der Waals surface area contributed by atoms with Gasteiger partial charge >= 0.3 is 0 Å². The fourth-order valence-corrected chi connectivity index (χ4v) is 8.13. The second kappa shape index (κ2) is 5.71. The molecule has 0 aliphatic heterocycles. The number of rotatable bonds is 4. The molecule has 0 aromatic heterocycles. The smallest absolute Gasteiger partial charge is 0.164 e. The third kappa shape index (κ3) is 2.57. The SMILES string of the molecule is C[Si](C)(C)C1(SCc2ccccc2)CC(=O)c2ccccc21. The summed E-state index contributed by atoms with van der Waals surface area (Å²) in [4.78, 5) is 12.5. The molecule has 0 heterocycles. The molecule has 0 saturated heterocycles. The van der Waals surface area contributed by atoms with Crippen LogP contribution in [0.2, 0.25) is 19.6 Å². The van der Waals surface area contributed by atoms with Gasteiger partial charge in [0.25, 0.3) is 0 Å². The van der Waals surface area contributed by atoms with E-state index in [1.165, 1.54) is 11.1 Å². The third-order valence-electron chi connectivity index (χ3n) is 4.61. The minimum atomic E-state index is -1.58. The van der Waals surface area contributed by atoms with Gasteiger partial charge in [-0.05, 0) is 11.1 Å². The summed E-state index contributed by atoms with van der Waals surface area (Å²) in [5.74, 6) is 1.28. The molecular weight excluding hydrogens is 304 g/mol. The van der Waals surface area contributed by atoms with Gasteiger partial charge in [-0.2, -0.15) is 0 Å². The summed E-state index contributed by atoms with van der Waals surface area (Å²) in [6.07, 6.45) is 0.666. The minimum absolute atomic E-state index is 0.00345. The first-order valence-corrected chi connectivity index (χ1v) is 12.2. The van der Waals surface area contributed by atoms with Crippen molar-refractivity contribution in [1.29, 1.82) is 0 Å². The standard InChI is InChI=1S/C19H22OSSi/c1-22(2,3)19(21-14-15-9-5-4-6-10-15)13-18(20)16-11-7-8-12-17(16)19/h4-12H,13-14H2,1-3H3. The van der Waals surface area contributed by atoms with E-state index in [-0.39, 0.29) is 4.37 Å². The summed E-state index contributed by atoms with van der Waals surface area (Å²) in [5.41, 5.74) is 3.56. The Bertz CT molecular complexity index is 690. The lowest BCUT2D eigenvalue weighted by Gasteiger charge is -2.40. The average Bonchev–Trinajstić information content (AvgIpc) is 2.80. The highest BCUT2D eigenvalue weighted by molar-refractivity contribution is 8.01. The topological polar surface area (TPSA) is 17.1 Å². The van der Waals surface area contributed by atoms with Crippen LogP contribution in [0.25, 0.3) is 0 Å². The Morgan fingerprint density at radius 3 is 2.32 bits per heavy atom. The van der Waals surface area contributed by atoms with Crippen molar-refractivity contribution in [2.24, 2.45) is 0 Å². The lowest BCUT2D eigenvalue weighted by atomic mass is 10.1. The van der Waals surface area contributed by atoms with Crippen molar-refractivity contribution in [3.05, 3.63) is 71.3 Å². The van der Waals surface area contributed by atoms with E-state index in [9.17, 15) is 4.79 Å². The largest absolute Gasteiger partial charge is 0.294 e. The van der Waals surface area contributed by atoms with Crippen LogP contribution in [0.5, 0.6) is 0 Å². The molecule has 3 heteroatoms. The third-order valence-corrected chi connectivity index (χ3v) is 11.1. The van der Waals surface area contributed by atoms with Crippen molar-refractivity contribution in [1.82, 2.24) is 0 Å². The van der Waals surface area contributed by atoms with Crippen molar-refractivity contribution in [3.63, 3.8) is 0 Å². The number of carbonyl (C=O) groups is 1. The molecule has 0 radical (unpaired) electrons. The van der Waals surface area contributed by atoms with Crippen molar-refractivity contribution in [2.45, 2.75) is 36.2 Å². The van der Waals surface area contributed by atoms with E-state index >= 15 is 0 Å². The fraction of sp³-hybridized carbons (Fsp3) is 0.316. The van der Waals surface area contributed by atoms with Gasteiger partial charge in [-0.1, -0.05) is 74.2 Å². The van der Waals surface area contributed by atoms with E-state index in [4.69, 9.17) is 0 Å². The van der Waals surface area contributed by atoms with E-state index in [0.717, 1.165) is 11.3 Å². The number of hydrogen-bond acceptors (Lipinski definition) is 2. The van der Waals surface area contributed by atoms with Crippen LogP contribution in [0.3, 0.4) is 0 Å². The number of fused-ring (bicyclic) bond motifs is 1. The highest BCUT2D eigenvalue weighted by atomic mass is 32.2. The van der Waals surface area contributed by atoms with E-state index in [1.54, 1.807) is 0 Å². The monoisotopic (exact) mass is 326 g/mol. The molecule has 1 nitrogen and oxygen atoms in total. The normalized spacial score (nSPS) is 21.0. The molecule has 1 unspecified atom stereocenters. The molecule has 0 spiro atoms. The molecule has 1 aliphatic rings. The lowest BCUT2D eigenvalue weighted by molar-refractivity contribution is 0.0990. The van der Waals surface area contributed by atoms with Crippen LogP contribution >= 0.6 is 11.8 Å². The average molecular weight is 327 g/mol. The maximum atomic E-state index is 12.5. The maximum Gasteiger partial charge on any atom is 0.164 e. The van der Waals surface area contributed by atoms with Gasteiger partial charge in [0.15, 0.2) is 5.78 Å². The molecule has 1 aliphatic carbocycles. The number of Topliss-reactive ketones (excluding diaryl/α,β-unsaturated/α-hetero) is 1. The second-order valence-electron chi connectivity index (χ2n) is 7.00. The van der Waals surface area contributed by atoms with Crippen LogP contribution in [0.1, 0.15) is 27.9 Å². The number of benzene rings is 2. The first kappa shape index (κ1) is 15.6. The molecule has 2 aromatic rings. The molecule has 0 saturated carbocycles. The maximum absolute atomic E-state index is 12.5. The predicted molar refractivity (Wildman–Crippen MR) is 98.2 cm³/mol. The van der Waals surface area contributed by atoms with Crippen LogP contribution in [0, 0.1) is 0 Å². The quantitative estimate of drug-likeness (QED) is 0.711. The van der Waals surface area contributed by atoms with Gasteiger partial charge in [0.1, 0.15) is 0 Å². The molecule has 1 atom stereocenters. The van der Waals surface area contributed by atoms with E-state index < -0.39 is 8.07 Å². The van der Waals surface area contributed by atoms with Crippen LogP contribution in [0.15, 0.2) is 54.6 Å². The van der Waals surface area contributed by atoms with Crippen molar-refractivity contribution >= 4 is 25.6 Å². The van der Waals surface area contributed by atoms with Gasteiger partial charge in [0, 0.05) is 22.1 Å². The minimum Gasteiger partial charge on any atom is -0.294 e. The Balaban J connectivity index is 2.00. The first-order valence-electron chi connectivity index (χ1n) is 7.75. The second-order valence-corrected chi connectivity index (χ2v) is 14.0. The Morgan fingerprint density at radius 1 is 1.00 bits per heavy atom. The van der Waals surface area contributed by atoms with Gasteiger partial charge in [0.05, 0.1) is 8.07 Å². The van der Waals surface area contributed by atoms with Crippen molar-refractivity contribution in [2.75, 3.05) is 0 Å². The summed E-state index contributed by atoms with van der Waals surface area (Å²) in [6, 6.07) is 18.8. The summed E-state index contributed by atoms with van der Waals surface area (Å²) >= 11 is 1.98. The van der Waals surface area contributed by atoms with Gasteiger partial charge in [0.2, 0.25) is 0 Å². The van der Waals surface area contributed by atoms with Crippen LogP contribution in [0.4, 0.5) is 0 Å². The number of ketones is 1. The lowest BCUT2D eigenvalue weighted by Crippen LogP contribution is -2.45. The van der Waals surface area contributed by atoms with Crippen molar-refractivity contribution in [3.8, 4) is 0 Å². The van der Waals surface area contributed by atoms with E-state index in [2.05, 4.69) is 62.1 Å². The number of thioether (sulfide) groups is 1. The molecule has 0 N–H and O–H groups in total. The zero-order chi connectivity index (χ0) is 15.8. The van der Waals surface area contributed by atoms with Gasteiger partial charge < -0.3 is 0 Å². The van der Waals surface area contributed by atoms with Gasteiger partial charge in [-0.3, -0.25) is 4.79 Å². The molecule has 0 bridgehead atoms. The highest BCUT2D eigenvalue weighted by Gasteiger charge is 2.52. The summed E-state index contributed by atoms with van der Waals surface area (Å²) in [6.45, 7) is 7.17. The first-order chi connectivity index (χ1) is 10.4. The zero-order valence-corrected chi connectivity index (χ0v) is 15.2. The summed E-state index contributed by atoms with van der Waals surface area (Å²) in [5, 5.41) is 0. The molecule has 2 aromatic carbocycles. The Kier molecular flexibility index (Phi) is 4.04. The predicted octanol–water partition coefficient (Wildman–Crippen LogP) is 5.28. The van der Waals surface area contributed by atoms with Crippen LogP contribution in [-0.2, 0) is 10.1 Å². The zero-order valence-electron chi connectivity index (χ0n) is 13.4. The Labute approximate surface area is 138 Å². The van der Waals surface area contributed by atoms with Crippen molar-refractivity contribution < 1.29 is 4.79 Å². The van der Waals surface area contributed by atoms with Gasteiger partial charge in [-0.15, -0.1) is 11.8 Å². The summed E-state index contributed by atoms with van der Waals surface area (Å²) < 4.78 is -0.00345. The molecular formula is C19H22OSSi. The van der Waals surface area contributed by atoms with Crippen LogP contribution in [-0.4, -0.2) is 13.9 Å². The Morgan fingerprint density at radius 2 is 1.64 bits per heavy atom. The summed E-state index contributed by atoms with van der Waals surface area (Å²) in [7, 11) is -1.58. The van der Waals surface area contributed by atoms with Crippen LogP contribution < -0.4 is 0 Å². The number of carbonyl (C=O) groups excluding carboxylic acids is 1. The Hall–Kier alpha value is -1.32. The highest BCUT2D eigenvalue weighted by Crippen LogP contribution is 2.53. The molecule has 114 valence electrons. The molecule has 3 rings (SSSR count). The molecule has 0 fully saturated rings. The number of hydrogen-bond donors (Lipinski definition) is 0. The van der Waals surface area contributed by atoms with Gasteiger partial charge in [-0.25, -0.2) is 0 Å².